The van der Waals surface area contributed by atoms with Gasteiger partial charge in [0.2, 0.25) is 0 Å². The SMILES string of the molecule is CCc1nc2ccccc2n1-c1ccccc1-c1nc(-c2ccccc2)nc(-c2ccc3c(c2)C2c4ccccc4C3c3cc(-c4nc(-c5ccccc5)nc(-c5ccccc5)n4)ccc32)n1. The molecule has 8 aromatic carbocycles. The molecular formula is C59H40N8. The molecule has 0 amide bonds. The topological polar surface area (TPSA) is 95.2 Å². The highest BCUT2D eigenvalue weighted by molar-refractivity contribution is 5.82. The zero-order valence-corrected chi connectivity index (χ0v) is 36.5. The molecule has 0 saturated carbocycles. The zero-order chi connectivity index (χ0) is 44.4. The highest BCUT2D eigenvalue weighted by Crippen LogP contribution is 2.56. The quantitative estimate of drug-likeness (QED) is 0.150. The third-order valence-electron chi connectivity index (χ3n) is 13.3. The van der Waals surface area contributed by atoms with E-state index in [4.69, 9.17) is 34.9 Å². The first-order valence-electron chi connectivity index (χ1n) is 22.8. The molecule has 0 fully saturated rings. The van der Waals surface area contributed by atoms with Crippen molar-refractivity contribution < 1.29 is 0 Å². The van der Waals surface area contributed by atoms with Gasteiger partial charge in [0, 0.05) is 51.6 Å². The summed E-state index contributed by atoms with van der Waals surface area (Å²) in [7, 11) is 0. The van der Waals surface area contributed by atoms with Crippen LogP contribution in [0.4, 0.5) is 0 Å². The van der Waals surface area contributed by atoms with Crippen molar-refractivity contribution in [3.8, 4) is 74.0 Å². The van der Waals surface area contributed by atoms with Crippen LogP contribution in [0, 0.1) is 0 Å². The van der Waals surface area contributed by atoms with Crippen LogP contribution in [0.25, 0.3) is 85.0 Å². The Hall–Kier alpha value is -8.75. The standard InChI is InChI=1S/C59H40N8/c1-2-51-60-48-27-15-17-29-50(48)67(51)49-28-16-14-26-45(49)59-65-56(38-22-10-5-11-23-38)64-58(66-59)40-31-33-44-47(35-40)53-42-25-13-12-24-41(42)52(44)46-34-39(30-32-43(46)53)57-62-54(36-18-6-3-7-19-36)61-55(63-57)37-20-8-4-9-21-37/h3-35,52-53H,2H2,1H3. The van der Waals surface area contributed by atoms with E-state index >= 15 is 0 Å². The van der Waals surface area contributed by atoms with Crippen molar-refractivity contribution in [3.63, 3.8) is 0 Å². The van der Waals surface area contributed by atoms with Gasteiger partial charge in [0.15, 0.2) is 34.9 Å². The molecule has 0 spiro atoms. The van der Waals surface area contributed by atoms with Crippen molar-refractivity contribution in [1.82, 2.24) is 39.5 Å². The summed E-state index contributed by atoms with van der Waals surface area (Å²) in [6.45, 7) is 2.14. The predicted octanol–water partition coefficient (Wildman–Crippen LogP) is 12.9. The van der Waals surface area contributed by atoms with Crippen LogP contribution in [0.5, 0.6) is 0 Å². The summed E-state index contributed by atoms with van der Waals surface area (Å²) in [5, 5.41) is 0. The number of fused-ring (bicyclic) bond motifs is 1. The largest absolute Gasteiger partial charge is 0.296 e. The molecule has 3 aliphatic carbocycles. The van der Waals surface area contributed by atoms with Gasteiger partial charge in [-0.1, -0.05) is 171 Å². The minimum absolute atomic E-state index is 0.0101. The van der Waals surface area contributed by atoms with Crippen LogP contribution in [-0.2, 0) is 6.42 Å². The van der Waals surface area contributed by atoms with Crippen molar-refractivity contribution in [3.05, 3.63) is 239 Å². The van der Waals surface area contributed by atoms with Gasteiger partial charge < -0.3 is 0 Å². The number of hydrogen-bond donors (Lipinski definition) is 0. The molecule has 11 aromatic rings. The summed E-state index contributed by atoms with van der Waals surface area (Å²) < 4.78 is 2.25. The molecule has 0 saturated heterocycles. The number of rotatable bonds is 8. The molecule has 2 atom stereocenters. The Morgan fingerprint density at radius 1 is 0.343 bits per heavy atom. The van der Waals surface area contributed by atoms with Gasteiger partial charge in [0.05, 0.1) is 16.7 Å². The third-order valence-corrected chi connectivity index (χ3v) is 13.3. The van der Waals surface area contributed by atoms with E-state index in [2.05, 4.69) is 127 Å². The monoisotopic (exact) mass is 860 g/mol. The van der Waals surface area contributed by atoms with Crippen molar-refractivity contribution in [2.75, 3.05) is 0 Å². The lowest BCUT2D eigenvalue weighted by molar-refractivity contribution is 0.754. The molecule has 8 heteroatoms. The molecule has 0 radical (unpaired) electrons. The molecule has 0 aliphatic heterocycles. The second-order valence-electron chi connectivity index (χ2n) is 17.1. The van der Waals surface area contributed by atoms with Crippen LogP contribution in [0.15, 0.2) is 200 Å². The normalized spacial score (nSPS) is 14.4. The summed E-state index contributed by atoms with van der Waals surface area (Å²) in [4.78, 5) is 35.9. The van der Waals surface area contributed by atoms with E-state index in [0.29, 0.717) is 34.9 Å². The molecule has 316 valence electrons. The Labute approximate surface area is 387 Å². The Bertz CT molecular complexity index is 3640. The van der Waals surface area contributed by atoms with Crippen LogP contribution in [0.2, 0.25) is 0 Å². The third kappa shape index (κ3) is 6.48. The number of aryl methyl sites for hydroxylation is 1. The van der Waals surface area contributed by atoms with Gasteiger partial charge in [-0.15, -0.1) is 0 Å². The van der Waals surface area contributed by atoms with Gasteiger partial charge in [-0.05, 0) is 69.8 Å². The number of nitrogens with zero attached hydrogens (tertiary/aromatic N) is 8. The second-order valence-corrected chi connectivity index (χ2v) is 17.1. The molecule has 2 unspecified atom stereocenters. The first-order chi connectivity index (χ1) is 33.2. The smallest absolute Gasteiger partial charge is 0.166 e. The number of hydrogen-bond acceptors (Lipinski definition) is 7. The molecule has 0 N–H and O–H groups in total. The van der Waals surface area contributed by atoms with Gasteiger partial charge in [-0.2, -0.15) is 0 Å². The maximum Gasteiger partial charge on any atom is 0.166 e. The van der Waals surface area contributed by atoms with E-state index in [1.165, 1.54) is 33.4 Å². The van der Waals surface area contributed by atoms with Crippen LogP contribution in [-0.4, -0.2) is 39.5 Å². The van der Waals surface area contributed by atoms with Crippen LogP contribution < -0.4 is 0 Å². The Balaban J connectivity index is 0.949. The van der Waals surface area contributed by atoms with Crippen LogP contribution >= 0.6 is 0 Å². The fourth-order valence-corrected chi connectivity index (χ4v) is 10.2. The minimum Gasteiger partial charge on any atom is -0.296 e. The van der Waals surface area contributed by atoms with E-state index in [1.54, 1.807) is 0 Å². The highest BCUT2D eigenvalue weighted by Gasteiger charge is 2.41. The van der Waals surface area contributed by atoms with Crippen LogP contribution in [0.1, 0.15) is 58.0 Å². The summed E-state index contributed by atoms with van der Waals surface area (Å²) in [6, 6.07) is 69.6. The number of aromatic nitrogens is 8. The molecule has 14 rings (SSSR count). The minimum atomic E-state index is 0.0101. The van der Waals surface area contributed by atoms with E-state index in [1.807, 2.05) is 84.9 Å². The molecule has 3 heterocycles. The van der Waals surface area contributed by atoms with Gasteiger partial charge >= 0.3 is 0 Å². The average Bonchev–Trinajstić information content (AvgIpc) is 3.79. The van der Waals surface area contributed by atoms with Crippen molar-refractivity contribution in [2.24, 2.45) is 0 Å². The van der Waals surface area contributed by atoms with Gasteiger partial charge in [0.25, 0.3) is 0 Å². The Morgan fingerprint density at radius 2 is 0.746 bits per heavy atom. The molecule has 3 aromatic heterocycles. The number of imidazole rings is 1. The van der Waals surface area contributed by atoms with Crippen molar-refractivity contribution in [2.45, 2.75) is 25.2 Å². The van der Waals surface area contributed by atoms with E-state index in [0.717, 1.165) is 62.3 Å². The number of para-hydroxylation sites is 3. The Morgan fingerprint density at radius 3 is 1.25 bits per heavy atom. The predicted molar refractivity (Wildman–Crippen MR) is 265 cm³/mol. The lowest BCUT2D eigenvalue weighted by Crippen LogP contribution is -2.27. The second kappa shape index (κ2) is 15.7. The summed E-state index contributed by atoms with van der Waals surface area (Å²) in [5.41, 5.74) is 16.3. The summed E-state index contributed by atoms with van der Waals surface area (Å²) in [5.74, 6) is 4.79. The lowest BCUT2D eigenvalue weighted by atomic mass is 9.61. The maximum atomic E-state index is 5.33. The van der Waals surface area contributed by atoms with E-state index in [-0.39, 0.29) is 11.8 Å². The van der Waals surface area contributed by atoms with E-state index in [9.17, 15) is 0 Å². The fraction of sp³-hybridized carbons (Fsp3) is 0.0678. The van der Waals surface area contributed by atoms with Crippen LogP contribution in [0.3, 0.4) is 0 Å². The summed E-state index contributed by atoms with van der Waals surface area (Å²) >= 11 is 0. The molecule has 67 heavy (non-hydrogen) atoms. The maximum absolute atomic E-state index is 5.33. The molecule has 2 bridgehead atoms. The van der Waals surface area contributed by atoms with E-state index < -0.39 is 0 Å². The first kappa shape index (κ1) is 38.7. The van der Waals surface area contributed by atoms with Crippen molar-refractivity contribution in [1.29, 1.82) is 0 Å². The first-order valence-corrected chi connectivity index (χ1v) is 22.8. The molecule has 8 nitrogen and oxygen atoms in total. The van der Waals surface area contributed by atoms with Gasteiger partial charge in [-0.3, -0.25) is 4.57 Å². The molecule has 3 aliphatic rings. The highest BCUT2D eigenvalue weighted by atomic mass is 15.1. The van der Waals surface area contributed by atoms with Gasteiger partial charge in [0.1, 0.15) is 5.82 Å². The zero-order valence-electron chi connectivity index (χ0n) is 36.5. The van der Waals surface area contributed by atoms with Crippen molar-refractivity contribution >= 4 is 11.0 Å². The lowest BCUT2D eigenvalue weighted by Gasteiger charge is -2.42. The fourth-order valence-electron chi connectivity index (χ4n) is 10.2. The number of benzene rings is 8. The Kier molecular flexibility index (Phi) is 9.09. The summed E-state index contributed by atoms with van der Waals surface area (Å²) in [6.07, 6.45) is 0.771. The average molecular weight is 861 g/mol. The van der Waals surface area contributed by atoms with Gasteiger partial charge in [-0.25, -0.2) is 34.9 Å². The molecular weight excluding hydrogens is 821 g/mol.